The van der Waals surface area contributed by atoms with Crippen LogP contribution >= 0.6 is 0 Å². The fraction of sp³-hybridized carbons (Fsp3) is 0.636. The highest BCUT2D eigenvalue weighted by molar-refractivity contribution is 5.76. The summed E-state index contributed by atoms with van der Waals surface area (Å²) < 4.78 is 10.8. The molecule has 1 aromatic carbocycles. The van der Waals surface area contributed by atoms with Crippen molar-refractivity contribution >= 4 is 11.9 Å². The summed E-state index contributed by atoms with van der Waals surface area (Å²) in [5.74, 6) is 0.00539. The third-order valence-corrected chi connectivity index (χ3v) is 3.91. The Hall–Kier alpha value is -1.84. The Kier molecular flexibility index (Phi) is 8.32. The first kappa shape index (κ1) is 22.2. The lowest BCUT2D eigenvalue weighted by atomic mass is 9.90. The molecule has 0 saturated heterocycles. The van der Waals surface area contributed by atoms with Gasteiger partial charge in [0.2, 0.25) is 0 Å². The fourth-order valence-corrected chi connectivity index (χ4v) is 2.49. The molecule has 4 nitrogen and oxygen atoms in total. The number of esters is 2. The molecule has 26 heavy (non-hydrogen) atoms. The lowest BCUT2D eigenvalue weighted by molar-refractivity contribution is -0.137. The summed E-state index contributed by atoms with van der Waals surface area (Å²) in [5.41, 5.74) is 0.390. The predicted octanol–water partition coefficient (Wildman–Crippen LogP) is 5.93. The SMILES string of the molecule is CC(C)(C)CCCC(=O)Oc1ccccc1OC(=O)CCCC(C)(C)C. The van der Waals surface area contributed by atoms with E-state index in [4.69, 9.17) is 9.47 Å². The van der Waals surface area contributed by atoms with Crippen LogP contribution < -0.4 is 9.47 Å². The van der Waals surface area contributed by atoms with Crippen LogP contribution in [0.25, 0.3) is 0 Å². The molecule has 0 bridgehead atoms. The van der Waals surface area contributed by atoms with E-state index in [1.54, 1.807) is 24.3 Å². The van der Waals surface area contributed by atoms with E-state index in [-0.39, 0.29) is 22.8 Å². The number of ether oxygens (including phenoxy) is 2. The Bertz CT molecular complexity index is 538. The molecule has 0 aliphatic carbocycles. The van der Waals surface area contributed by atoms with Gasteiger partial charge in [0.1, 0.15) is 0 Å². The predicted molar refractivity (Wildman–Crippen MR) is 104 cm³/mol. The summed E-state index contributed by atoms with van der Waals surface area (Å²) in [6.45, 7) is 12.9. The number of carbonyl (C=O) groups is 2. The van der Waals surface area contributed by atoms with Gasteiger partial charge in [-0.3, -0.25) is 9.59 Å². The number of hydrogen-bond acceptors (Lipinski definition) is 4. The van der Waals surface area contributed by atoms with Gasteiger partial charge in [-0.25, -0.2) is 0 Å². The van der Waals surface area contributed by atoms with Crippen LogP contribution in [0, 0.1) is 10.8 Å². The minimum absolute atomic E-state index is 0.195. The molecule has 0 aliphatic heterocycles. The van der Waals surface area contributed by atoms with E-state index in [0.717, 1.165) is 25.7 Å². The summed E-state index contributed by atoms with van der Waals surface area (Å²) in [7, 11) is 0. The Labute approximate surface area is 158 Å². The van der Waals surface area contributed by atoms with Gasteiger partial charge in [-0.2, -0.15) is 0 Å². The van der Waals surface area contributed by atoms with Crippen LogP contribution in [0.15, 0.2) is 24.3 Å². The van der Waals surface area contributed by atoms with Gasteiger partial charge in [0.25, 0.3) is 0 Å². The second kappa shape index (κ2) is 9.75. The van der Waals surface area contributed by atoms with E-state index >= 15 is 0 Å². The molecule has 146 valence electrons. The molecule has 0 fully saturated rings. The minimum Gasteiger partial charge on any atom is -0.423 e. The highest BCUT2D eigenvalue weighted by Gasteiger charge is 2.16. The number of rotatable bonds is 8. The van der Waals surface area contributed by atoms with Crippen LogP contribution in [0.1, 0.15) is 80.1 Å². The van der Waals surface area contributed by atoms with Crippen molar-refractivity contribution < 1.29 is 19.1 Å². The quantitative estimate of drug-likeness (QED) is 0.425. The first-order valence-electron chi connectivity index (χ1n) is 9.47. The molecule has 1 rings (SSSR count). The molecule has 0 amide bonds. The van der Waals surface area contributed by atoms with Crippen LogP contribution in [0.3, 0.4) is 0 Å². The average molecular weight is 363 g/mol. The molecule has 0 saturated carbocycles. The van der Waals surface area contributed by atoms with E-state index in [0.29, 0.717) is 24.3 Å². The molecular weight excluding hydrogens is 328 g/mol. The van der Waals surface area contributed by atoms with Gasteiger partial charge in [0, 0.05) is 12.8 Å². The van der Waals surface area contributed by atoms with E-state index < -0.39 is 0 Å². The van der Waals surface area contributed by atoms with Crippen LogP contribution in [0.5, 0.6) is 11.5 Å². The van der Waals surface area contributed by atoms with Crippen molar-refractivity contribution in [2.75, 3.05) is 0 Å². The van der Waals surface area contributed by atoms with Gasteiger partial charge in [-0.1, -0.05) is 53.7 Å². The number of para-hydroxylation sites is 2. The van der Waals surface area contributed by atoms with Gasteiger partial charge in [0.15, 0.2) is 11.5 Å². The molecule has 0 atom stereocenters. The second-order valence-corrected chi connectivity index (χ2v) is 9.22. The molecule has 0 radical (unpaired) electrons. The zero-order valence-corrected chi connectivity index (χ0v) is 17.2. The van der Waals surface area contributed by atoms with Crippen molar-refractivity contribution in [1.82, 2.24) is 0 Å². The van der Waals surface area contributed by atoms with Crippen molar-refractivity contribution in [3.05, 3.63) is 24.3 Å². The summed E-state index contributed by atoms with van der Waals surface area (Å²) in [4.78, 5) is 24.1. The Morgan fingerprint density at radius 3 is 1.38 bits per heavy atom. The fourth-order valence-electron chi connectivity index (χ4n) is 2.49. The highest BCUT2D eigenvalue weighted by Crippen LogP contribution is 2.29. The molecule has 0 unspecified atom stereocenters. The number of benzene rings is 1. The highest BCUT2D eigenvalue weighted by atomic mass is 16.6. The summed E-state index contributed by atoms with van der Waals surface area (Å²) in [6.07, 6.45) is 4.16. The zero-order valence-electron chi connectivity index (χ0n) is 17.2. The molecule has 1 aromatic rings. The van der Waals surface area contributed by atoms with Gasteiger partial charge in [-0.15, -0.1) is 0 Å². The van der Waals surface area contributed by atoms with E-state index in [9.17, 15) is 9.59 Å². The third kappa shape index (κ3) is 10.2. The van der Waals surface area contributed by atoms with Gasteiger partial charge < -0.3 is 9.47 Å². The van der Waals surface area contributed by atoms with Gasteiger partial charge in [-0.05, 0) is 48.6 Å². The molecule has 0 heterocycles. The monoisotopic (exact) mass is 362 g/mol. The maximum atomic E-state index is 12.1. The maximum absolute atomic E-state index is 12.1. The van der Waals surface area contributed by atoms with E-state index in [1.807, 2.05) is 0 Å². The summed E-state index contributed by atoms with van der Waals surface area (Å²) >= 11 is 0. The molecule has 0 N–H and O–H groups in total. The first-order valence-corrected chi connectivity index (χ1v) is 9.47. The zero-order chi connectivity index (χ0) is 19.8. The maximum Gasteiger partial charge on any atom is 0.311 e. The van der Waals surface area contributed by atoms with Crippen molar-refractivity contribution in [3.63, 3.8) is 0 Å². The Morgan fingerprint density at radius 1 is 0.731 bits per heavy atom. The normalized spacial score (nSPS) is 11.9. The average Bonchev–Trinajstić information content (AvgIpc) is 2.46. The Balaban J connectivity index is 2.53. The molecule has 0 spiro atoms. The summed E-state index contributed by atoms with van der Waals surface area (Å²) in [5, 5.41) is 0. The van der Waals surface area contributed by atoms with Crippen LogP contribution in [-0.2, 0) is 9.59 Å². The minimum atomic E-state index is -0.300. The van der Waals surface area contributed by atoms with Crippen molar-refractivity contribution in [3.8, 4) is 11.5 Å². The van der Waals surface area contributed by atoms with Crippen LogP contribution in [-0.4, -0.2) is 11.9 Å². The first-order chi connectivity index (χ1) is 12.0. The molecule has 0 aliphatic rings. The van der Waals surface area contributed by atoms with Crippen molar-refractivity contribution in [2.24, 2.45) is 10.8 Å². The Morgan fingerprint density at radius 2 is 1.08 bits per heavy atom. The largest absolute Gasteiger partial charge is 0.423 e. The topological polar surface area (TPSA) is 52.6 Å². The number of hydrogen-bond donors (Lipinski definition) is 0. The third-order valence-electron chi connectivity index (χ3n) is 3.91. The lowest BCUT2D eigenvalue weighted by Crippen LogP contribution is -2.13. The second-order valence-electron chi connectivity index (χ2n) is 9.22. The molecule has 4 heteroatoms. The van der Waals surface area contributed by atoms with Crippen molar-refractivity contribution in [2.45, 2.75) is 80.1 Å². The van der Waals surface area contributed by atoms with E-state index in [2.05, 4.69) is 41.5 Å². The van der Waals surface area contributed by atoms with Gasteiger partial charge in [0.05, 0.1) is 0 Å². The van der Waals surface area contributed by atoms with Crippen LogP contribution in [0.2, 0.25) is 0 Å². The lowest BCUT2D eigenvalue weighted by Gasteiger charge is -2.17. The van der Waals surface area contributed by atoms with E-state index in [1.165, 1.54) is 0 Å². The number of carbonyl (C=O) groups excluding carboxylic acids is 2. The van der Waals surface area contributed by atoms with Crippen molar-refractivity contribution in [1.29, 1.82) is 0 Å². The summed E-state index contributed by atoms with van der Waals surface area (Å²) in [6, 6.07) is 6.82. The molecular formula is C22H34O4. The van der Waals surface area contributed by atoms with Gasteiger partial charge >= 0.3 is 11.9 Å². The van der Waals surface area contributed by atoms with Crippen LogP contribution in [0.4, 0.5) is 0 Å². The molecule has 0 aromatic heterocycles. The smallest absolute Gasteiger partial charge is 0.311 e. The standard InChI is InChI=1S/C22H34O4/c1-21(2,3)15-9-13-19(23)25-17-11-7-8-12-18(17)26-20(24)14-10-16-22(4,5)6/h7-8,11-12H,9-10,13-16H2,1-6H3.